The summed E-state index contributed by atoms with van der Waals surface area (Å²) in [4.78, 5) is 13.7. The Labute approximate surface area is 187 Å². The van der Waals surface area contributed by atoms with Gasteiger partial charge in [-0.15, -0.1) is 0 Å². The van der Waals surface area contributed by atoms with Gasteiger partial charge in [0, 0.05) is 6.42 Å². The Bertz CT molecular complexity index is 1150. The molecule has 0 radical (unpaired) electrons. The first-order valence-electron chi connectivity index (χ1n) is 10.4. The lowest BCUT2D eigenvalue weighted by Gasteiger charge is -2.13. The number of nitrogen functional groups attached to an aromatic ring is 1. The molecule has 166 valence electrons. The lowest BCUT2D eigenvalue weighted by Crippen LogP contribution is -2.12. The minimum atomic E-state index is -0.0412. The fourth-order valence-corrected chi connectivity index (χ4v) is 3.51. The highest BCUT2D eigenvalue weighted by atomic mass is 16.5. The first-order valence-corrected chi connectivity index (χ1v) is 10.4. The van der Waals surface area contributed by atoms with E-state index < -0.39 is 0 Å². The molecule has 1 unspecified atom stereocenters. The van der Waals surface area contributed by atoms with Crippen LogP contribution in [-0.4, -0.2) is 39.8 Å². The summed E-state index contributed by atoms with van der Waals surface area (Å²) in [7, 11) is 3.24. The maximum atomic E-state index is 6.09. The second-order valence-electron chi connectivity index (χ2n) is 7.57. The second kappa shape index (κ2) is 9.65. The molecule has 0 amide bonds. The van der Waals surface area contributed by atoms with Gasteiger partial charge in [-0.1, -0.05) is 36.4 Å². The highest BCUT2D eigenvalue weighted by Crippen LogP contribution is 2.29. The summed E-state index contributed by atoms with van der Waals surface area (Å²) in [5, 5.41) is 0. The van der Waals surface area contributed by atoms with Crippen molar-refractivity contribution >= 4 is 5.82 Å². The molecule has 2 aromatic carbocycles. The smallest absolute Gasteiger partial charge is 0.166 e. The predicted molar refractivity (Wildman–Crippen MR) is 122 cm³/mol. The third-order valence-electron chi connectivity index (χ3n) is 5.19. The molecule has 0 fully saturated rings. The molecule has 0 aliphatic carbocycles. The molecule has 0 saturated carbocycles. The van der Waals surface area contributed by atoms with E-state index in [1.807, 2.05) is 60.0 Å². The number of benzene rings is 2. The zero-order valence-electron chi connectivity index (χ0n) is 18.5. The number of nitrogens with two attached hydrogens (primary N) is 1. The zero-order chi connectivity index (χ0) is 22.5. The van der Waals surface area contributed by atoms with Gasteiger partial charge in [-0.3, -0.25) is 0 Å². The number of anilines is 1. The largest absolute Gasteiger partial charge is 0.493 e. The van der Waals surface area contributed by atoms with E-state index >= 15 is 0 Å². The first-order chi connectivity index (χ1) is 15.6. The fraction of sp³-hybridized carbons (Fsp3) is 0.292. The number of imidazole rings is 1. The summed E-state index contributed by atoms with van der Waals surface area (Å²) in [5.74, 6) is 3.09. The predicted octanol–water partition coefficient (Wildman–Crippen LogP) is 3.57. The SMILES string of the molecule is COc1ccc(Cn2cnc(N)c3nc(CC(C)OCc4ccccc4)nc2-3)cc1OC. The summed E-state index contributed by atoms with van der Waals surface area (Å²) in [6.45, 7) is 3.11. The Balaban J connectivity index is 1.51. The summed E-state index contributed by atoms with van der Waals surface area (Å²) < 4.78 is 18.6. The zero-order valence-corrected chi connectivity index (χ0v) is 18.5. The van der Waals surface area contributed by atoms with Crippen LogP contribution in [0.2, 0.25) is 0 Å². The van der Waals surface area contributed by atoms with Gasteiger partial charge in [0.15, 0.2) is 28.8 Å². The van der Waals surface area contributed by atoms with Crippen LogP contribution in [0.5, 0.6) is 11.5 Å². The van der Waals surface area contributed by atoms with Crippen LogP contribution < -0.4 is 15.2 Å². The molecular formula is C24H27N5O3. The molecule has 0 saturated heterocycles. The Morgan fingerprint density at radius 3 is 2.50 bits per heavy atom. The van der Waals surface area contributed by atoms with Gasteiger partial charge in [0.2, 0.25) is 0 Å². The van der Waals surface area contributed by atoms with Crippen molar-refractivity contribution in [1.29, 1.82) is 0 Å². The van der Waals surface area contributed by atoms with Gasteiger partial charge >= 0.3 is 0 Å². The number of methoxy groups -OCH3 is 2. The van der Waals surface area contributed by atoms with Crippen LogP contribution in [-0.2, 0) is 24.3 Å². The van der Waals surface area contributed by atoms with Gasteiger partial charge in [0.1, 0.15) is 5.82 Å². The Morgan fingerprint density at radius 2 is 1.75 bits per heavy atom. The molecule has 2 N–H and O–H groups in total. The van der Waals surface area contributed by atoms with Gasteiger partial charge < -0.3 is 24.5 Å². The van der Waals surface area contributed by atoms with Gasteiger partial charge in [-0.25, -0.2) is 15.0 Å². The minimum absolute atomic E-state index is 0.0412. The molecule has 4 rings (SSSR count). The number of hydrogen-bond donors (Lipinski definition) is 1. The summed E-state index contributed by atoms with van der Waals surface area (Å²) in [6, 6.07) is 15.9. The first kappa shape index (κ1) is 21.6. The van der Waals surface area contributed by atoms with Crippen molar-refractivity contribution in [2.75, 3.05) is 20.0 Å². The second-order valence-corrected chi connectivity index (χ2v) is 7.57. The van der Waals surface area contributed by atoms with E-state index in [4.69, 9.17) is 24.9 Å². The van der Waals surface area contributed by atoms with Crippen LogP contribution in [0.15, 0.2) is 54.9 Å². The highest BCUT2D eigenvalue weighted by molar-refractivity contribution is 5.65. The molecular weight excluding hydrogens is 406 g/mol. The maximum Gasteiger partial charge on any atom is 0.166 e. The van der Waals surface area contributed by atoms with E-state index in [9.17, 15) is 0 Å². The number of fused-ring (bicyclic) bond motifs is 1. The van der Waals surface area contributed by atoms with E-state index in [0.717, 1.165) is 11.1 Å². The van der Waals surface area contributed by atoms with Gasteiger partial charge in [-0.2, -0.15) is 0 Å². The van der Waals surface area contributed by atoms with E-state index in [0.29, 0.717) is 54.2 Å². The van der Waals surface area contributed by atoms with E-state index in [1.54, 1.807) is 20.5 Å². The summed E-state index contributed by atoms with van der Waals surface area (Å²) >= 11 is 0. The van der Waals surface area contributed by atoms with Crippen molar-refractivity contribution in [3.05, 3.63) is 71.8 Å². The number of hydrogen-bond acceptors (Lipinski definition) is 7. The molecule has 8 heteroatoms. The summed E-state index contributed by atoms with van der Waals surface area (Å²) in [6.07, 6.45) is 2.22. The van der Waals surface area contributed by atoms with Gasteiger partial charge in [-0.05, 0) is 30.2 Å². The van der Waals surface area contributed by atoms with Crippen LogP contribution >= 0.6 is 0 Å². The van der Waals surface area contributed by atoms with Crippen LogP contribution in [0.3, 0.4) is 0 Å². The number of ether oxygens (including phenoxy) is 3. The molecule has 2 heterocycles. The molecule has 0 spiro atoms. The van der Waals surface area contributed by atoms with Crippen LogP contribution in [0.4, 0.5) is 5.82 Å². The fourth-order valence-electron chi connectivity index (χ4n) is 3.51. The molecule has 2 aliphatic rings. The van der Waals surface area contributed by atoms with Crippen molar-refractivity contribution in [2.24, 2.45) is 0 Å². The highest BCUT2D eigenvalue weighted by Gasteiger charge is 2.20. The molecule has 0 aromatic heterocycles. The van der Waals surface area contributed by atoms with E-state index in [2.05, 4.69) is 9.97 Å². The Morgan fingerprint density at radius 1 is 0.969 bits per heavy atom. The lowest BCUT2D eigenvalue weighted by atomic mass is 10.2. The average molecular weight is 434 g/mol. The molecule has 32 heavy (non-hydrogen) atoms. The third-order valence-corrected chi connectivity index (χ3v) is 5.19. The normalized spacial score (nSPS) is 12.1. The van der Waals surface area contributed by atoms with Crippen LogP contribution in [0.1, 0.15) is 23.9 Å². The molecule has 0 bridgehead atoms. The molecule has 1 atom stereocenters. The van der Waals surface area contributed by atoms with Crippen LogP contribution in [0, 0.1) is 0 Å². The van der Waals surface area contributed by atoms with Crippen molar-refractivity contribution in [3.63, 3.8) is 0 Å². The standard InChI is InChI=1S/C24H27N5O3/c1-16(32-14-17-7-5-4-6-8-17)11-21-27-22-23(25)26-15-29(24(22)28-21)13-18-9-10-19(30-2)20(12-18)31-3/h4-10,12,15-16H,11,13-14,25H2,1-3H3. The maximum absolute atomic E-state index is 6.09. The molecule has 2 aliphatic heterocycles. The Kier molecular flexibility index (Phi) is 6.51. The van der Waals surface area contributed by atoms with Crippen molar-refractivity contribution < 1.29 is 14.2 Å². The topological polar surface area (TPSA) is 97.3 Å². The number of rotatable bonds is 9. The minimum Gasteiger partial charge on any atom is -0.493 e. The van der Waals surface area contributed by atoms with Crippen molar-refractivity contribution in [2.45, 2.75) is 32.6 Å². The summed E-state index contributed by atoms with van der Waals surface area (Å²) in [5.41, 5.74) is 8.83. The van der Waals surface area contributed by atoms with E-state index in [-0.39, 0.29) is 6.10 Å². The molecule has 8 nitrogen and oxygen atoms in total. The van der Waals surface area contributed by atoms with Crippen molar-refractivity contribution in [3.8, 4) is 23.0 Å². The van der Waals surface area contributed by atoms with Gasteiger partial charge in [0.25, 0.3) is 0 Å². The lowest BCUT2D eigenvalue weighted by molar-refractivity contribution is 0.0524. The Hall–Kier alpha value is -3.65. The molecule has 2 aromatic rings. The number of aromatic nitrogens is 4. The van der Waals surface area contributed by atoms with Gasteiger partial charge in [0.05, 0.1) is 39.8 Å². The van der Waals surface area contributed by atoms with E-state index in [1.165, 1.54) is 0 Å². The van der Waals surface area contributed by atoms with Crippen LogP contribution in [0.25, 0.3) is 11.5 Å². The quantitative estimate of drug-likeness (QED) is 0.431. The third kappa shape index (κ3) is 4.81. The monoisotopic (exact) mass is 433 g/mol. The number of nitrogens with zero attached hydrogens (tertiary/aromatic N) is 4. The van der Waals surface area contributed by atoms with Crippen molar-refractivity contribution in [1.82, 2.24) is 19.5 Å². The average Bonchev–Trinajstić information content (AvgIpc) is 3.25.